The normalized spacial score (nSPS) is 13.8. The third-order valence-corrected chi connectivity index (χ3v) is 5.08. The molecule has 0 N–H and O–H groups in total. The first-order chi connectivity index (χ1) is 14.8. The van der Waals surface area contributed by atoms with Gasteiger partial charge in [-0.3, -0.25) is 0 Å². The molecule has 0 spiro atoms. The number of nitrogens with zero attached hydrogens (tertiary/aromatic N) is 2. The minimum atomic E-state index is 0.513. The summed E-state index contributed by atoms with van der Waals surface area (Å²) in [4.78, 5) is 5.05. The standard InChI is InChI=1S/C26H22N2O2/c1-29-28-26-23-17-21(30-16-8-11-19-9-4-2-5-10-19)14-15-22(23)25(24(26)18-27)20-12-6-3-7-13-20/h2-7,9-10,12-15,17H,8,11,16H2,1H3. The largest absolute Gasteiger partial charge is 0.494 e. The highest BCUT2D eigenvalue weighted by molar-refractivity contribution is 6.27. The minimum Gasteiger partial charge on any atom is -0.494 e. The van der Waals surface area contributed by atoms with Gasteiger partial charge in [0.1, 0.15) is 24.6 Å². The van der Waals surface area contributed by atoms with Crippen molar-refractivity contribution in [3.63, 3.8) is 0 Å². The molecular weight excluding hydrogens is 372 g/mol. The molecule has 1 aliphatic rings. The number of aryl methyl sites for hydroxylation is 1. The molecule has 3 aromatic carbocycles. The number of benzene rings is 3. The topological polar surface area (TPSA) is 54.6 Å². The van der Waals surface area contributed by atoms with Crippen molar-refractivity contribution < 1.29 is 9.57 Å². The summed E-state index contributed by atoms with van der Waals surface area (Å²) in [7, 11) is 1.49. The number of fused-ring (bicyclic) bond motifs is 1. The first kappa shape index (κ1) is 19.5. The number of oxime groups is 1. The van der Waals surface area contributed by atoms with Gasteiger partial charge in [-0.1, -0.05) is 65.8 Å². The van der Waals surface area contributed by atoms with Crippen LogP contribution in [0.15, 0.2) is 89.6 Å². The summed E-state index contributed by atoms with van der Waals surface area (Å²) in [6.45, 7) is 0.620. The van der Waals surface area contributed by atoms with Crippen molar-refractivity contribution in [3.05, 3.63) is 107 Å². The minimum absolute atomic E-state index is 0.513. The molecular formula is C26H22N2O2. The first-order valence-electron chi connectivity index (χ1n) is 9.94. The van der Waals surface area contributed by atoms with Crippen LogP contribution < -0.4 is 4.74 Å². The number of rotatable bonds is 7. The van der Waals surface area contributed by atoms with E-state index in [9.17, 15) is 5.26 Å². The van der Waals surface area contributed by atoms with E-state index in [0.29, 0.717) is 17.9 Å². The molecule has 4 heteroatoms. The zero-order chi connectivity index (χ0) is 20.8. The predicted molar refractivity (Wildman–Crippen MR) is 118 cm³/mol. The third kappa shape index (κ3) is 3.97. The van der Waals surface area contributed by atoms with Crippen LogP contribution in [0.1, 0.15) is 28.7 Å². The van der Waals surface area contributed by atoms with E-state index in [1.807, 2.05) is 54.6 Å². The summed E-state index contributed by atoms with van der Waals surface area (Å²) in [5.74, 6) is 0.761. The van der Waals surface area contributed by atoms with Crippen LogP contribution in [-0.4, -0.2) is 19.4 Å². The van der Waals surface area contributed by atoms with Gasteiger partial charge in [0, 0.05) is 11.1 Å². The summed E-state index contributed by atoms with van der Waals surface area (Å²) >= 11 is 0. The average Bonchev–Trinajstić information content (AvgIpc) is 3.11. The van der Waals surface area contributed by atoms with Crippen molar-refractivity contribution >= 4 is 11.3 Å². The Morgan fingerprint density at radius 1 is 0.900 bits per heavy atom. The number of nitriles is 1. The number of allylic oxidation sites excluding steroid dienone is 1. The van der Waals surface area contributed by atoms with Crippen LogP contribution in [0, 0.1) is 11.3 Å². The van der Waals surface area contributed by atoms with Crippen LogP contribution in [0.3, 0.4) is 0 Å². The predicted octanol–water partition coefficient (Wildman–Crippen LogP) is 5.39. The Kier molecular flexibility index (Phi) is 5.91. The van der Waals surface area contributed by atoms with Crippen LogP contribution in [0.2, 0.25) is 0 Å². The molecule has 0 aliphatic heterocycles. The number of hydrogen-bond donors (Lipinski definition) is 0. The fourth-order valence-corrected chi connectivity index (χ4v) is 3.73. The van der Waals surface area contributed by atoms with Gasteiger partial charge in [-0.25, -0.2) is 0 Å². The molecule has 0 aromatic heterocycles. The molecule has 0 fully saturated rings. The Morgan fingerprint density at radius 3 is 2.33 bits per heavy atom. The summed E-state index contributed by atoms with van der Waals surface area (Å²) in [6.07, 6.45) is 1.90. The molecule has 0 amide bonds. The molecule has 0 saturated carbocycles. The van der Waals surface area contributed by atoms with Crippen LogP contribution in [0.5, 0.6) is 5.75 Å². The van der Waals surface area contributed by atoms with Crippen molar-refractivity contribution in [2.24, 2.45) is 5.16 Å². The monoisotopic (exact) mass is 394 g/mol. The molecule has 0 heterocycles. The van der Waals surface area contributed by atoms with E-state index in [0.717, 1.165) is 40.9 Å². The summed E-state index contributed by atoms with van der Waals surface area (Å²) < 4.78 is 5.99. The highest BCUT2D eigenvalue weighted by Gasteiger charge is 2.30. The third-order valence-electron chi connectivity index (χ3n) is 5.08. The van der Waals surface area contributed by atoms with E-state index in [1.54, 1.807) is 0 Å². The van der Waals surface area contributed by atoms with Gasteiger partial charge >= 0.3 is 0 Å². The smallest absolute Gasteiger partial charge is 0.129 e. The van der Waals surface area contributed by atoms with Gasteiger partial charge in [0.2, 0.25) is 0 Å². The van der Waals surface area contributed by atoms with Crippen molar-refractivity contribution in [1.82, 2.24) is 0 Å². The molecule has 0 saturated heterocycles. The van der Waals surface area contributed by atoms with E-state index < -0.39 is 0 Å². The Labute approximate surface area is 176 Å². The molecule has 3 aromatic rings. The molecule has 0 bridgehead atoms. The van der Waals surface area contributed by atoms with Gasteiger partial charge in [-0.15, -0.1) is 0 Å². The van der Waals surface area contributed by atoms with Gasteiger partial charge in [0.05, 0.1) is 12.2 Å². The van der Waals surface area contributed by atoms with Gasteiger partial charge in [0.15, 0.2) is 0 Å². The van der Waals surface area contributed by atoms with E-state index >= 15 is 0 Å². The Balaban J connectivity index is 1.57. The molecule has 0 radical (unpaired) electrons. The quantitative estimate of drug-likeness (QED) is 0.399. The fraction of sp³-hybridized carbons (Fsp3) is 0.154. The molecule has 0 atom stereocenters. The summed E-state index contributed by atoms with van der Waals surface area (Å²) in [6, 6.07) is 28.5. The fourth-order valence-electron chi connectivity index (χ4n) is 3.73. The lowest BCUT2D eigenvalue weighted by molar-refractivity contribution is 0.214. The van der Waals surface area contributed by atoms with Crippen molar-refractivity contribution in [3.8, 4) is 11.8 Å². The maximum atomic E-state index is 9.84. The second kappa shape index (κ2) is 9.11. The lowest BCUT2D eigenvalue weighted by atomic mass is 9.98. The highest BCUT2D eigenvalue weighted by atomic mass is 16.6. The van der Waals surface area contributed by atoms with E-state index in [4.69, 9.17) is 9.57 Å². The van der Waals surface area contributed by atoms with Gasteiger partial charge in [-0.05, 0) is 47.7 Å². The first-order valence-corrected chi connectivity index (χ1v) is 9.94. The molecule has 4 nitrogen and oxygen atoms in total. The van der Waals surface area contributed by atoms with Crippen LogP contribution in [0.4, 0.5) is 0 Å². The lowest BCUT2D eigenvalue weighted by Gasteiger charge is -2.10. The van der Waals surface area contributed by atoms with Crippen LogP contribution >= 0.6 is 0 Å². The summed E-state index contributed by atoms with van der Waals surface area (Å²) in [5, 5.41) is 14.0. The van der Waals surface area contributed by atoms with E-state index in [1.165, 1.54) is 12.7 Å². The molecule has 148 valence electrons. The second-order valence-electron chi connectivity index (χ2n) is 7.00. The van der Waals surface area contributed by atoms with Gasteiger partial charge < -0.3 is 9.57 Å². The number of hydrogen-bond acceptors (Lipinski definition) is 4. The van der Waals surface area contributed by atoms with Crippen molar-refractivity contribution in [2.75, 3.05) is 13.7 Å². The molecule has 0 unspecified atom stereocenters. The molecule has 30 heavy (non-hydrogen) atoms. The van der Waals surface area contributed by atoms with Crippen molar-refractivity contribution in [1.29, 1.82) is 5.26 Å². The zero-order valence-electron chi connectivity index (χ0n) is 16.8. The van der Waals surface area contributed by atoms with Crippen LogP contribution in [-0.2, 0) is 11.3 Å². The number of ether oxygens (including phenoxy) is 1. The highest BCUT2D eigenvalue weighted by Crippen LogP contribution is 2.39. The maximum Gasteiger partial charge on any atom is 0.129 e. The Bertz CT molecular complexity index is 1130. The molecule has 4 rings (SSSR count). The maximum absolute atomic E-state index is 9.84. The zero-order valence-corrected chi connectivity index (χ0v) is 16.8. The van der Waals surface area contributed by atoms with E-state index in [-0.39, 0.29) is 0 Å². The van der Waals surface area contributed by atoms with Crippen molar-refractivity contribution in [2.45, 2.75) is 12.8 Å². The average molecular weight is 394 g/mol. The van der Waals surface area contributed by atoms with Gasteiger partial charge in [-0.2, -0.15) is 5.26 Å². The Hall–Kier alpha value is -3.84. The van der Waals surface area contributed by atoms with Crippen LogP contribution in [0.25, 0.3) is 5.57 Å². The van der Waals surface area contributed by atoms with Gasteiger partial charge in [0.25, 0.3) is 0 Å². The Morgan fingerprint density at radius 2 is 1.63 bits per heavy atom. The second-order valence-corrected chi connectivity index (χ2v) is 7.00. The summed E-state index contributed by atoms with van der Waals surface area (Å²) in [5.41, 5.74) is 6.04. The molecule has 1 aliphatic carbocycles. The lowest BCUT2D eigenvalue weighted by Crippen LogP contribution is -2.03. The van der Waals surface area contributed by atoms with E-state index in [2.05, 4.69) is 35.5 Å². The SMILES string of the molecule is CON=C1C(C#N)=C(c2ccccc2)c2ccc(OCCCc3ccccc3)cc21.